The molecule has 0 spiro atoms. The molecule has 1 aromatic heterocycles. The third-order valence-electron chi connectivity index (χ3n) is 2.89. The molecule has 0 saturated carbocycles. The normalized spacial score (nSPS) is 16.6. The highest BCUT2D eigenvalue weighted by atomic mass is 35.5. The molecular weight excluding hydrogens is 254 g/mol. The average Bonchev–Trinajstić information content (AvgIpc) is 2.37. The van der Waals surface area contributed by atoms with Crippen LogP contribution in [0.25, 0.3) is 0 Å². The van der Waals surface area contributed by atoms with Gasteiger partial charge in [0.25, 0.3) is 0 Å². The second kappa shape index (κ2) is 6.15. The molecule has 2 heterocycles. The fraction of sp³-hybridized carbons (Fsp3) is 0.727. The largest absolute Gasteiger partial charge is 0.381 e. The molecule has 0 aliphatic carbocycles. The predicted octanol–water partition coefficient (Wildman–Crippen LogP) is 1.43. The molecule has 0 atom stereocenters. The Morgan fingerprint density at radius 2 is 2.00 bits per heavy atom. The molecule has 0 aromatic carbocycles. The van der Waals surface area contributed by atoms with E-state index in [2.05, 4.69) is 20.3 Å². The first-order chi connectivity index (χ1) is 8.65. The summed E-state index contributed by atoms with van der Waals surface area (Å²) >= 11 is 5.87. The number of hydrogen-bond acceptors (Lipinski definition) is 6. The zero-order valence-electron chi connectivity index (χ0n) is 10.7. The first kappa shape index (κ1) is 13.3. The Balaban J connectivity index is 1.95. The number of ether oxygens (including phenoxy) is 1. The van der Waals surface area contributed by atoms with Crippen molar-refractivity contribution in [1.29, 1.82) is 0 Å². The maximum Gasteiger partial charge on any atom is 0.230 e. The molecule has 6 nitrogen and oxygen atoms in total. The van der Waals surface area contributed by atoms with Crippen LogP contribution in [0.3, 0.4) is 0 Å². The molecule has 0 radical (unpaired) electrons. The summed E-state index contributed by atoms with van der Waals surface area (Å²) in [5.41, 5.74) is 0. The van der Waals surface area contributed by atoms with Crippen LogP contribution in [0.4, 0.5) is 11.9 Å². The number of halogens is 1. The summed E-state index contributed by atoms with van der Waals surface area (Å²) in [6, 6.07) is 0. The molecule has 1 fully saturated rings. The van der Waals surface area contributed by atoms with Gasteiger partial charge < -0.3 is 15.0 Å². The minimum Gasteiger partial charge on any atom is -0.381 e. The van der Waals surface area contributed by atoms with Crippen molar-refractivity contribution in [2.75, 3.05) is 44.1 Å². The summed E-state index contributed by atoms with van der Waals surface area (Å²) in [6.07, 6.45) is 2.15. The van der Waals surface area contributed by atoms with Gasteiger partial charge in [-0.15, -0.1) is 0 Å². The number of anilines is 2. The van der Waals surface area contributed by atoms with E-state index >= 15 is 0 Å². The molecule has 1 aliphatic heterocycles. The van der Waals surface area contributed by atoms with Crippen LogP contribution >= 0.6 is 11.6 Å². The van der Waals surface area contributed by atoms with Crippen LogP contribution in [0.15, 0.2) is 0 Å². The summed E-state index contributed by atoms with van der Waals surface area (Å²) in [7, 11) is 3.74. The van der Waals surface area contributed by atoms with Crippen LogP contribution in [-0.4, -0.2) is 48.8 Å². The topological polar surface area (TPSA) is 63.2 Å². The second-order valence-electron chi connectivity index (χ2n) is 4.56. The molecule has 1 aliphatic rings. The lowest BCUT2D eigenvalue weighted by Gasteiger charge is -2.22. The molecule has 1 N–H and O–H groups in total. The second-order valence-corrected chi connectivity index (χ2v) is 4.90. The van der Waals surface area contributed by atoms with Crippen molar-refractivity contribution in [1.82, 2.24) is 15.0 Å². The Morgan fingerprint density at radius 3 is 2.67 bits per heavy atom. The van der Waals surface area contributed by atoms with Crippen molar-refractivity contribution in [3.8, 4) is 0 Å². The van der Waals surface area contributed by atoms with E-state index in [9.17, 15) is 0 Å². The Kier molecular flexibility index (Phi) is 4.54. The Hall–Kier alpha value is -1.14. The predicted molar refractivity (Wildman–Crippen MR) is 71.2 cm³/mol. The van der Waals surface area contributed by atoms with E-state index in [4.69, 9.17) is 16.3 Å². The monoisotopic (exact) mass is 271 g/mol. The summed E-state index contributed by atoms with van der Waals surface area (Å²) in [6.45, 7) is 2.52. The van der Waals surface area contributed by atoms with Gasteiger partial charge in [0.2, 0.25) is 17.2 Å². The number of aromatic nitrogens is 3. The van der Waals surface area contributed by atoms with Crippen LogP contribution in [0.5, 0.6) is 0 Å². The standard InChI is InChI=1S/C11H18ClN5O/c1-17(2)11-15-9(12)14-10(16-11)13-7-8-3-5-18-6-4-8/h8H,3-7H2,1-2H3,(H,13,14,15,16). The van der Waals surface area contributed by atoms with Gasteiger partial charge in [0.1, 0.15) is 0 Å². The van der Waals surface area contributed by atoms with Crippen LogP contribution in [0.2, 0.25) is 5.28 Å². The van der Waals surface area contributed by atoms with Gasteiger partial charge in [-0.25, -0.2) is 0 Å². The van der Waals surface area contributed by atoms with Gasteiger partial charge in [-0.2, -0.15) is 15.0 Å². The SMILES string of the molecule is CN(C)c1nc(Cl)nc(NCC2CCOCC2)n1. The fourth-order valence-electron chi connectivity index (χ4n) is 1.80. The van der Waals surface area contributed by atoms with Crippen molar-refractivity contribution in [2.24, 2.45) is 5.92 Å². The lowest BCUT2D eigenvalue weighted by molar-refractivity contribution is 0.0699. The van der Waals surface area contributed by atoms with Gasteiger partial charge in [-0.3, -0.25) is 0 Å². The maximum atomic E-state index is 5.87. The Morgan fingerprint density at radius 1 is 1.28 bits per heavy atom. The van der Waals surface area contributed by atoms with E-state index in [0.717, 1.165) is 32.6 Å². The van der Waals surface area contributed by atoms with Crippen molar-refractivity contribution < 1.29 is 4.74 Å². The highest BCUT2D eigenvalue weighted by Crippen LogP contribution is 2.16. The minimum absolute atomic E-state index is 0.211. The molecule has 1 aromatic rings. The summed E-state index contributed by atoms with van der Waals surface area (Å²) < 4.78 is 5.32. The lowest BCUT2D eigenvalue weighted by atomic mass is 10.0. The van der Waals surface area contributed by atoms with Crippen molar-refractivity contribution in [3.63, 3.8) is 0 Å². The van der Waals surface area contributed by atoms with E-state index < -0.39 is 0 Å². The summed E-state index contributed by atoms with van der Waals surface area (Å²) in [5.74, 6) is 1.70. The molecule has 0 amide bonds. The van der Waals surface area contributed by atoms with Crippen LogP contribution < -0.4 is 10.2 Å². The molecule has 18 heavy (non-hydrogen) atoms. The van der Waals surface area contributed by atoms with E-state index in [1.54, 1.807) is 4.90 Å². The highest BCUT2D eigenvalue weighted by molar-refractivity contribution is 6.28. The number of nitrogens with zero attached hydrogens (tertiary/aromatic N) is 4. The van der Waals surface area contributed by atoms with E-state index in [-0.39, 0.29) is 5.28 Å². The lowest BCUT2D eigenvalue weighted by Crippen LogP contribution is -2.24. The summed E-state index contributed by atoms with van der Waals surface area (Å²) in [5, 5.41) is 3.43. The van der Waals surface area contributed by atoms with Gasteiger partial charge in [-0.05, 0) is 30.4 Å². The quantitative estimate of drug-likeness (QED) is 0.894. The summed E-state index contributed by atoms with van der Waals surface area (Å²) in [4.78, 5) is 14.2. The minimum atomic E-state index is 0.211. The van der Waals surface area contributed by atoms with Gasteiger partial charge >= 0.3 is 0 Å². The molecule has 0 unspecified atom stereocenters. The highest BCUT2D eigenvalue weighted by Gasteiger charge is 2.14. The van der Waals surface area contributed by atoms with Crippen LogP contribution in [-0.2, 0) is 4.74 Å². The van der Waals surface area contributed by atoms with Crippen LogP contribution in [0.1, 0.15) is 12.8 Å². The van der Waals surface area contributed by atoms with Gasteiger partial charge in [-0.1, -0.05) is 0 Å². The van der Waals surface area contributed by atoms with Crippen molar-refractivity contribution in [3.05, 3.63) is 5.28 Å². The van der Waals surface area contributed by atoms with Gasteiger partial charge in [0.05, 0.1) is 0 Å². The third-order valence-corrected chi connectivity index (χ3v) is 3.06. The molecule has 7 heteroatoms. The third kappa shape index (κ3) is 3.68. The van der Waals surface area contributed by atoms with E-state index in [0.29, 0.717) is 17.8 Å². The van der Waals surface area contributed by atoms with E-state index in [1.807, 2.05) is 14.1 Å². The van der Waals surface area contributed by atoms with E-state index in [1.165, 1.54) is 0 Å². The van der Waals surface area contributed by atoms with Crippen LogP contribution in [0, 0.1) is 5.92 Å². The zero-order chi connectivity index (χ0) is 13.0. The maximum absolute atomic E-state index is 5.87. The zero-order valence-corrected chi connectivity index (χ0v) is 11.4. The van der Waals surface area contributed by atoms with Gasteiger partial charge in [0.15, 0.2) is 0 Å². The fourth-order valence-corrected chi connectivity index (χ4v) is 1.96. The van der Waals surface area contributed by atoms with Crippen molar-refractivity contribution >= 4 is 23.5 Å². The van der Waals surface area contributed by atoms with Crippen molar-refractivity contribution in [2.45, 2.75) is 12.8 Å². The molecule has 2 rings (SSSR count). The molecule has 0 bridgehead atoms. The Labute approximate surface area is 112 Å². The average molecular weight is 272 g/mol. The van der Waals surface area contributed by atoms with Gasteiger partial charge in [0, 0.05) is 33.9 Å². The number of hydrogen-bond donors (Lipinski definition) is 1. The Bertz CT molecular complexity index is 395. The molecule has 100 valence electrons. The molecule has 1 saturated heterocycles. The number of rotatable bonds is 4. The first-order valence-corrected chi connectivity index (χ1v) is 6.43. The first-order valence-electron chi connectivity index (χ1n) is 6.05. The smallest absolute Gasteiger partial charge is 0.230 e. The molecular formula is C11H18ClN5O. The number of nitrogens with one attached hydrogen (secondary N) is 1.